The molecule has 16 heteroatoms. The minimum atomic E-state index is -4.07. The molecule has 1 aromatic carbocycles. The molecule has 0 unspecified atom stereocenters. The number of aliphatic imine (C=N–C) groups is 1. The molecule has 0 spiro atoms. The Bertz CT molecular complexity index is 1300. The number of nitrogens with one attached hydrogen (secondary N) is 1. The molecular formula is C18H18F3N5O7S. The predicted molar refractivity (Wildman–Crippen MR) is 109 cm³/mol. The number of sulfonamides is 1. The van der Waals surface area contributed by atoms with E-state index < -0.39 is 79.5 Å². The molecule has 1 aliphatic heterocycles. The Morgan fingerprint density at radius 2 is 1.91 bits per heavy atom. The highest BCUT2D eigenvalue weighted by molar-refractivity contribution is 7.89. The molecule has 2 aromatic rings. The van der Waals surface area contributed by atoms with Crippen molar-refractivity contribution in [1.29, 1.82) is 0 Å². The summed E-state index contributed by atoms with van der Waals surface area (Å²) in [5, 5.41) is 28.2. The maximum atomic E-state index is 15.3. The van der Waals surface area contributed by atoms with Crippen LogP contribution in [0, 0.1) is 17.5 Å². The zero-order chi connectivity index (χ0) is 25.6. The summed E-state index contributed by atoms with van der Waals surface area (Å²) in [4.78, 5) is 19.7. The second-order valence-electron chi connectivity index (χ2n) is 7.38. The molecule has 1 aromatic heterocycles. The van der Waals surface area contributed by atoms with Crippen molar-refractivity contribution >= 4 is 27.6 Å². The van der Waals surface area contributed by atoms with Gasteiger partial charge in [-0.1, -0.05) is 0 Å². The number of aliphatic hydroxyl groups is 3. The van der Waals surface area contributed by atoms with E-state index in [2.05, 4.69) is 14.7 Å². The van der Waals surface area contributed by atoms with Crippen LogP contribution in [0.4, 0.5) is 18.9 Å². The van der Waals surface area contributed by atoms with E-state index in [1.165, 1.54) is 0 Å². The first-order chi connectivity index (χ1) is 15.5. The summed E-state index contributed by atoms with van der Waals surface area (Å²) in [6.45, 7) is 1.14. The first kappa shape index (κ1) is 25.2. The highest BCUT2D eigenvalue weighted by Gasteiger charge is 2.44. The number of halogens is 3. The van der Waals surface area contributed by atoms with Gasteiger partial charge in [0.2, 0.25) is 16.0 Å². The third-order valence-corrected chi connectivity index (χ3v) is 6.68. The number of hydrogen-bond acceptors (Lipinski definition) is 10. The molecule has 0 saturated carbocycles. The van der Waals surface area contributed by atoms with Gasteiger partial charge in [-0.2, -0.15) is 0 Å². The largest absolute Gasteiger partial charge is 0.453 e. The molecule has 1 aliphatic rings. The lowest BCUT2D eigenvalue weighted by Crippen LogP contribution is -2.50. The molecule has 184 valence electrons. The van der Waals surface area contributed by atoms with Crippen molar-refractivity contribution in [2.75, 3.05) is 18.1 Å². The molecule has 3 rings (SSSR count). The number of benzene rings is 1. The Kier molecular flexibility index (Phi) is 6.21. The minimum absolute atomic E-state index is 0.480. The zero-order valence-electron chi connectivity index (χ0n) is 17.5. The van der Waals surface area contributed by atoms with E-state index in [1.54, 1.807) is 0 Å². The topological polar surface area (TPSA) is 188 Å². The number of anilines is 1. The second-order valence-corrected chi connectivity index (χ2v) is 9.38. The van der Waals surface area contributed by atoms with Crippen LogP contribution in [0.1, 0.15) is 23.0 Å². The van der Waals surface area contributed by atoms with Crippen LogP contribution in [-0.2, 0) is 15.6 Å². The zero-order valence-corrected chi connectivity index (χ0v) is 18.3. The van der Waals surface area contributed by atoms with Crippen LogP contribution >= 0.6 is 0 Å². The number of carbonyl (C=O) groups excluding carboxylic acids is 1. The Morgan fingerprint density at radius 3 is 2.47 bits per heavy atom. The van der Waals surface area contributed by atoms with E-state index in [4.69, 9.17) is 21.1 Å². The Morgan fingerprint density at radius 1 is 1.26 bits per heavy atom. The molecule has 1 atom stereocenters. The van der Waals surface area contributed by atoms with Crippen molar-refractivity contribution in [2.24, 2.45) is 10.7 Å². The van der Waals surface area contributed by atoms with Gasteiger partial charge in [0.15, 0.2) is 17.3 Å². The molecule has 2 heterocycles. The average molecular weight is 505 g/mol. The van der Waals surface area contributed by atoms with Crippen LogP contribution in [0.2, 0.25) is 0 Å². The van der Waals surface area contributed by atoms with Gasteiger partial charge in [-0.15, -0.1) is 0 Å². The molecule has 6 N–H and O–H groups in total. The fourth-order valence-electron chi connectivity index (χ4n) is 3.20. The molecule has 0 saturated heterocycles. The second kappa shape index (κ2) is 8.39. The molecule has 0 aliphatic carbocycles. The molecular weight excluding hydrogens is 487 g/mol. The highest BCUT2D eigenvalue weighted by Crippen LogP contribution is 2.37. The number of hydrogen-bond donors (Lipinski definition) is 5. The average Bonchev–Trinajstić information content (AvgIpc) is 2.66. The maximum Gasteiger partial charge on any atom is 0.453 e. The van der Waals surface area contributed by atoms with E-state index in [1.807, 2.05) is 5.32 Å². The SMILES string of the molecule is CN1C(N)=N[C@](C)(c2c(F)ccc(NC(=O)c3ncc(OC(O)(O)O)cc3F)c2F)CS1(=O)=O. The summed E-state index contributed by atoms with van der Waals surface area (Å²) in [6, 6.07) is 2.05. The first-order valence-corrected chi connectivity index (χ1v) is 10.8. The van der Waals surface area contributed by atoms with Crippen LogP contribution in [0.25, 0.3) is 0 Å². The number of pyridine rings is 1. The fraction of sp³-hybridized carbons (Fsp3) is 0.278. The van der Waals surface area contributed by atoms with Gasteiger partial charge in [-0.25, -0.2) is 35.9 Å². The third kappa shape index (κ3) is 4.89. The quantitative estimate of drug-likeness (QED) is 0.335. The van der Waals surface area contributed by atoms with Gasteiger partial charge < -0.3 is 31.1 Å². The van der Waals surface area contributed by atoms with Gasteiger partial charge >= 0.3 is 6.16 Å². The summed E-state index contributed by atoms with van der Waals surface area (Å²) in [5.74, 6) is -7.20. The molecule has 1 amide bonds. The summed E-state index contributed by atoms with van der Waals surface area (Å²) >= 11 is 0. The Hall–Kier alpha value is -3.47. The standard InChI is InChI=1S/C18H18F3N5O7S/c1-17(7-34(31,32)26(2)16(22)25-17)12-9(19)3-4-11(13(12)21)24-15(27)14-10(20)5-8(6-23-14)33-18(28,29)30/h3-6,28-30H,7H2,1-2H3,(H2,22,25)(H,24,27)/t17-/m0/s1. The molecule has 0 fully saturated rings. The number of ether oxygens (including phenoxy) is 1. The lowest BCUT2D eigenvalue weighted by atomic mass is 9.92. The Labute approximate surface area is 190 Å². The maximum absolute atomic E-state index is 15.3. The first-order valence-electron chi connectivity index (χ1n) is 9.17. The number of aromatic nitrogens is 1. The minimum Gasteiger partial charge on any atom is -0.415 e. The third-order valence-electron chi connectivity index (χ3n) is 4.73. The number of carbonyl (C=O) groups is 1. The molecule has 12 nitrogen and oxygen atoms in total. The van der Waals surface area contributed by atoms with Gasteiger partial charge in [0, 0.05) is 13.1 Å². The smallest absolute Gasteiger partial charge is 0.415 e. The van der Waals surface area contributed by atoms with Crippen molar-refractivity contribution in [3.8, 4) is 5.75 Å². The summed E-state index contributed by atoms with van der Waals surface area (Å²) in [5.41, 5.74) is 1.28. The predicted octanol–water partition coefficient (Wildman–Crippen LogP) is -0.477. The number of guanidine groups is 1. The fourth-order valence-corrected chi connectivity index (χ4v) is 4.64. The van der Waals surface area contributed by atoms with Crippen molar-refractivity contribution in [3.05, 3.63) is 53.1 Å². The number of amides is 1. The molecule has 0 radical (unpaired) electrons. The number of nitrogens with zero attached hydrogens (tertiary/aromatic N) is 3. The van der Waals surface area contributed by atoms with Crippen LogP contribution < -0.4 is 15.8 Å². The molecule has 34 heavy (non-hydrogen) atoms. The van der Waals surface area contributed by atoms with Crippen LogP contribution in [0.3, 0.4) is 0 Å². The van der Waals surface area contributed by atoms with Crippen molar-refractivity contribution in [3.63, 3.8) is 0 Å². The number of rotatable bonds is 5. The summed E-state index contributed by atoms with van der Waals surface area (Å²) in [7, 11) is -2.95. The van der Waals surface area contributed by atoms with Gasteiger partial charge in [-0.05, 0) is 19.1 Å². The number of nitrogens with two attached hydrogens (primary N) is 1. The van der Waals surface area contributed by atoms with Gasteiger partial charge in [0.25, 0.3) is 5.91 Å². The van der Waals surface area contributed by atoms with Gasteiger partial charge in [0.05, 0.1) is 23.2 Å². The van der Waals surface area contributed by atoms with E-state index in [0.29, 0.717) is 16.6 Å². The van der Waals surface area contributed by atoms with Crippen molar-refractivity contribution in [1.82, 2.24) is 9.29 Å². The van der Waals surface area contributed by atoms with Crippen LogP contribution in [-0.4, -0.2) is 63.9 Å². The monoisotopic (exact) mass is 505 g/mol. The normalized spacial score (nSPS) is 20.0. The van der Waals surface area contributed by atoms with Crippen LogP contribution in [0.15, 0.2) is 29.4 Å². The summed E-state index contributed by atoms with van der Waals surface area (Å²) in [6.07, 6.45) is -2.97. The van der Waals surface area contributed by atoms with Crippen molar-refractivity contribution in [2.45, 2.75) is 18.6 Å². The van der Waals surface area contributed by atoms with Crippen LogP contribution in [0.5, 0.6) is 5.75 Å². The van der Waals surface area contributed by atoms with Crippen molar-refractivity contribution < 1.29 is 46.4 Å². The Balaban J connectivity index is 1.97. The van der Waals surface area contributed by atoms with E-state index in [-0.39, 0.29) is 0 Å². The summed E-state index contributed by atoms with van der Waals surface area (Å²) < 4.78 is 73.6. The molecule has 0 bridgehead atoms. The lowest BCUT2D eigenvalue weighted by Gasteiger charge is -2.35. The van der Waals surface area contributed by atoms with Gasteiger partial charge in [0.1, 0.15) is 17.1 Å². The highest BCUT2D eigenvalue weighted by atomic mass is 32.2. The van der Waals surface area contributed by atoms with E-state index >= 15 is 4.39 Å². The van der Waals surface area contributed by atoms with E-state index in [0.717, 1.165) is 26.1 Å². The van der Waals surface area contributed by atoms with E-state index in [9.17, 15) is 22.0 Å². The lowest BCUT2D eigenvalue weighted by molar-refractivity contribution is -0.419. The van der Waals surface area contributed by atoms with Gasteiger partial charge in [-0.3, -0.25) is 4.79 Å².